The normalized spacial score (nSPS) is 19.4. The van der Waals surface area contributed by atoms with Crippen LogP contribution in [0.1, 0.15) is 48.7 Å². The highest BCUT2D eigenvalue weighted by atomic mass is 79.9. The Hall–Kier alpha value is -2.41. The van der Waals surface area contributed by atoms with Gasteiger partial charge in [-0.15, -0.1) is 0 Å². The van der Waals surface area contributed by atoms with Gasteiger partial charge in [0.05, 0.1) is 5.69 Å². The Labute approximate surface area is 178 Å². The van der Waals surface area contributed by atoms with Gasteiger partial charge in [0, 0.05) is 31.4 Å². The van der Waals surface area contributed by atoms with Gasteiger partial charge in [-0.3, -0.25) is 9.38 Å². The lowest BCUT2D eigenvalue weighted by atomic mass is 9.81. The molecular weight excluding hydrogens is 432 g/mol. The van der Waals surface area contributed by atoms with Crippen molar-refractivity contribution in [3.8, 4) is 0 Å². The van der Waals surface area contributed by atoms with Crippen LogP contribution >= 0.6 is 15.9 Å². The minimum Gasteiger partial charge on any atom is -0.465 e. The third-order valence-electron chi connectivity index (χ3n) is 5.90. The Morgan fingerprint density at radius 2 is 1.97 bits per heavy atom. The average Bonchev–Trinajstić information content (AvgIpc) is 3.06. The smallest absolute Gasteiger partial charge is 0.407 e. The molecule has 152 valence electrons. The van der Waals surface area contributed by atoms with Gasteiger partial charge in [0.1, 0.15) is 15.9 Å². The van der Waals surface area contributed by atoms with E-state index in [1.807, 2.05) is 49.6 Å². The molecule has 0 radical (unpaired) electrons. The number of aryl methyl sites for hydroxylation is 1. The third kappa shape index (κ3) is 4.29. The molecule has 1 aromatic carbocycles. The molecule has 1 aliphatic carbocycles. The average molecular weight is 457 g/mol. The van der Waals surface area contributed by atoms with E-state index in [0.717, 1.165) is 52.9 Å². The molecule has 0 aliphatic heterocycles. The third-order valence-corrected chi connectivity index (χ3v) is 6.45. The van der Waals surface area contributed by atoms with E-state index in [2.05, 4.69) is 25.3 Å². The molecule has 29 heavy (non-hydrogen) atoms. The number of rotatable bonds is 5. The van der Waals surface area contributed by atoms with Crippen LogP contribution in [0.3, 0.4) is 0 Å². The highest BCUT2D eigenvalue weighted by Gasteiger charge is 2.28. The van der Waals surface area contributed by atoms with Crippen molar-refractivity contribution in [3.05, 3.63) is 64.4 Å². The van der Waals surface area contributed by atoms with Crippen LogP contribution in [0.25, 0.3) is 5.52 Å². The summed E-state index contributed by atoms with van der Waals surface area (Å²) in [6, 6.07) is 9.80. The summed E-state index contributed by atoms with van der Waals surface area (Å²) in [6.07, 6.45) is 7.03. The lowest BCUT2D eigenvalue weighted by molar-refractivity contribution is 0.126. The highest BCUT2D eigenvalue weighted by Crippen LogP contribution is 2.37. The van der Waals surface area contributed by atoms with Crippen LogP contribution in [0, 0.1) is 12.8 Å². The zero-order valence-corrected chi connectivity index (χ0v) is 18.0. The second kappa shape index (κ2) is 8.53. The summed E-state index contributed by atoms with van der Waals surface area (Å²) in [4.78, 5) is 22.4. The van der Waals surface area contributed by atoms with E-state index in [1.165, 1.54) is 0 Å². The summed E-state index contributed by atoms with van der Waals surface area (Å²) in [5.41, 5.74) is 3.02. The van der Waals surface area contributed by atoms with Gasteiger partial charge >= 0.3 is 6.09 Å². The van der Waals surface area contributed by atoms with Gasteiger partial charge in [-0.2, -0.15) is 0 Å². The van der Waals surface area contributed by atoms with Gasteiger partial charge in [0.15, 0.2) is 0 Å². The zero-order valence-electron chi connectivity index (χ0n) is 16.5. The summed E-state index contributed by atoms with van der Waals surface area (Å²) in [7, 11) is 0. The van der Waals surface area contributed by atoms with Gasteiger partial charge in [-0.05, 0) is 60.0 Å². The maximum absolute atomic E-state index is 11.7. The number of hydrogen-bond donors (Lipinski definition) is 1. The number of amides is 1. The predicted octanol–water partition coefficient (Wildman–Crippen LogP) is 5.25. The van der Waals surface area contributed by atoms with Crippen molar-refractivity contribution in [2.24, 2.45) is 5.92 Å². The quantitative estimate of drug-likeness (QED) is 0.568. The van der Waals surface area contributed by atoms with E-state index in [1.54, 1.807) is 4.90 Å². The van der Waals surface area contributed by atoms with E-state index in [4.69, 9.17) is 4.98 Å². The van der Waals surface area contributed by atoms with Gasteiger partial charge in [0.2, 0.25) is 0 Å². The molecule has 0 atom stereocenters. The SMILES string of the molecule is Cc1nccn2c1c(Br)nc2[C@H]1CC[C@H](CN(Cc2ccccc2)C(=O)O)CC1. The van der Waals surface area contributed by atoms with Crippen molar-refractivity contribution < 1.29 is 9.90 Å². The first-order valence-electron chi connectivity index (χ1n) is 10.0. The van der Waals surface area contributed by atoms with Gasteiger partial charge in [0.25, 0.3) is 0 Å². The number of nitrogens with zero attached hydrogens (tertiary/aromatic N) is 4. The molecule has 1 aliphatic rings. The molecule has 0 unspecified atom stereocenters. The van der Waals surface area contributed by atoms with Crippen LogP contribution in [-0.2, 0) is 6.54 Å². The molecule has 3 aromatic rings. The fourth-order valence-corrected chi connectivity index (χ4v) is 5.05. The number of carbonyl (C=O) groups is 1. The number of imidazole rings is 1. The Kier molecular flexibility index (Phi) is 5.85. The van der Waals surface area contributed by atoms with E-state index in [9.17, 15) is 9.90 Å². The molecule has 1 N–H and O–H groups in total. The summed E-state index contributed by atoms with van der Waals surface area (Å²) in [5, 5.41) is 9.64. The number of benzene rings is 1. The van der Waals surface area contributed by atoms with Gasteiger partial charge < -0.3 is 10.0 Å². The zero-order chi connectivity index (χ0) is 20.4. The number of carboxylic acid groups (broad SMARTS) is 1. The predicted molar refractivity (Wildman–Crippen MR) is 115 cm³/mol. The Morgan fingerprint density at radius 3 is 2.66 bits per heavy atom. The molecule has 1 fully saturated rings. The number of aromatic nitrogens is 3. The first-order chi connectivity index (χ1) is 14.0. The molecule has 6 nitrogen and oxygen atoms in total. The Morgan fingerprint density at radius 1 is 1.24 bits per heavy atom. The van der Waals surface area contributed by atoms with Crippen LogP contribution in [-0.4, -0.2) is 37.0 Å². The van der Waals surface area contributed by atoms with Crippen molar-refractivity contribution in [3.63, 3.8) is 0 Å². The minimum absolute atomic E-state index is 0.388. The van der Waals surface area contributed by atoms with Crippen molar-refractivity contribution in [2.45, 2.75) is 45.1 Å². The van der Waals surface area contributed by atoms with Crippen LogP contribution in [0.4, 0.5) is 4.79 Å². The molecule has 0 bridgehead atoms. The van der Waals surface area contributed by atoms with Crippen LogP contribution in [0.5, 0.6) is 0 Å². The molecule has 4 rings (SSSR count). The summed E-state index contributed by atoms with van der Waals surface area (Å²) in [6.45, 7) is 3.03. The topological polar surface area (TPSA) is 70.7 Å². The van der Waals surface area contributed by atoms with E-state index in [-0.39, 0.29) is 0 Å². The summed E-state index contributed by atoms with van der Waals surface area (Å²) in [5.74, 6) is 1.86. The number of hydrogen-bond acceptors (Lipinski definition) is 3. The Balaban J connectivity index is 1.42. The fraction of sp³-hybridized carbons (Fsp3) is 0.409. The van der Waals surface area contributed by atoms with Crippen molar-refractivity contribution in [1.82, 2.24) is 19.3 Å². The van der Waals surface area contributed by atoms with E-state index < -0.39 is 6.09 Å². The fourth-order valence-electron chi connectivity index (χ4n) is 4.39. The van der Waals surface area contributed by atoms with Gasteiger partial charge in [-0.25, -0.2) is 9.78 Å². The molecule has 2 aromatic heterocycles. The largest absolute Gasteiger partial charge is 0.465 e. The minimum atomic E-state index is -0.845. The van der Waals surface area contributed by atoms with Crippen molar-refractivity contribution in [1.29, 1.82) is 0 Å². The Bertz CT molecular complexity index is 997. The lowest BCUT2D eigenvalue weighted by Gasteiger charge is -2.31. The van der Waals surface area contributed by atoms with E-state index in [0.29, 0.717) is 24.9 Å². The summed E-state index contributed by atoms with van der Waals surface area (Å²) < 4.78 is 3.00. The highest BCUT2D eigenvalue weighted by molar-refractivity contribution is 9.10. The van der Waals surface area contributed by atoms with Crippen molar-refractivity contribution >= 4 is 27.5 Å². The number of fused-ring (bicyclic) bond motifs is 1. The second-order valence-electron chi connectivity index (χ2n) is 7.86. The first-order valence-corrected chi connectivity index (χ1v) is 10.8. The van der Waals surface area contributed by atoms with Gasteiger partial charge in [-0.1, -0.05) is 30.3 Å². The molecule has 0 spiro atoms. The van der Waals surface area contributed by atoms with Crippen LogP contribution < -0.4 is 0 Å². The molecule has 1 amide bonds. The molecule has 1 saturated carbocycles. The van der Waals surface area contributed by atoms with E-state index >= 15 is 0 Å². The maximum atomic E-state index is 11.7. The summed E-state index contributed by atoms with van der Waals surface area (Å²) >= 11 is 3.58. The maximum Gasteiger partial charge on any atom is 0.407 e. The van der Waals surface area contributed by atoms with Crippen molar-refractivity contribution in [2.75, 3.05) is 6.54 Å². The monoisotopic (exact) mass is 456 g/mol. The molecule has 7 heteroatoms. The van der Waals surface area contributed by atoms with Crippen LogP contribution in [0.15, 0.2) is 47.3 Å². The molecular formula is C22H25BrN4O2. The first kappa shape index (κ1) is 19.9. The second-order valence-corrected chi connectivity index (χ2v) is 8.61. The van der Waals surface area contributed by atoms with Crippen LogP contribution in [0.2, 0.25) is 0 Å². The standard InChI is InChI=1S/C22H25BrN4O2/c1-15-19-20(23)25-21(27(19)12-11-24-15)18-9-7-17(8-10-18)14-26(22(28)29)13-16-5-3-2-4-6-16/h2-6,11-12,17-18H,7-10,13-14H2,1H3,(H,28,29)/t17-,18-. The lowest BCUT2D eigenvalue weighted by Crippen LogP contribution is -2.35. The molecule has 0 saturated heterocycles. The molecule has 2 heterocycles. The number of halogens is 1.